The van der Waals surface area contributed by atoms with Crippen molar-refractivity contribution >= 4 is 35.6 Å². The number of halogens is 1. The van der Waals surface area contributed by atoms with E-state index in [2.05, 4.69) is 10.6 Å². The first-order chi connectivity index (χ1) is 11.6. The van der Waals surface area contributed by atoms with Crippen LogP contribution in [0, 0.1) is 0 Å². The van der Waals surface area contributed by atoms with E-state index >= 15 is 0 Å². The molecule has 6 heteroatoms. The number of rotatable bonds is 7. The number of carbonyl (C=O) groups is 2. The number of hydrogen-bond donors (Lipinski definition) is 3. The predicted octanol–water partition coefficient (Wildman–Crippen LogP) is 3.40. The molecule has 134 valence electrons. The smallest absolute Gasteiger partial charge is 0.251 e. The van der Waals surface area contributed by atoms with E-state index in [0.717, 1.165) is 12.0 Å². The normalized spacial score (nSPS) is 9.80. The second-order valence-corrected chi connectivity index (χ2v) is 5.58. The van der Waals surface area contributed by atoms with Crippen LogP contribution in [-0.2, 0) is 11.2 Å². The molecule has 0 saturated carbocycles. The zero-order valence-corrected chi connectivity index (χ0v) is 15.1. The van der Waals surface area contributed by atoms with E-state index in [1.165, 1.54) is 0 Å². The highest BCUT2D eigenvalue weighted by Gasteiger charge is 2.07. The van der Waals surface area contributed by atoms with Gasteiger partial charge in [0.15, 0.2) is 0 Å². The van der Waals surface area contributed by atoms with Crippen molar-refractivity contribution in [1.82, 2.24) is 5.32 Å². The van der Waals surface area contributed by atoms with Crippen LogP contribution in [0.25, 0.3) is 0 Å². The third kappa shape index (κ3) is 6.47. The topological polar surface area (TPSA) is 84.2 Å². The number of benzene rings is 2. The fourth-order valence-corrected chi connectivity index (χ4v) is 2.28. The fraction of sp³-hybridized carbons (Fsp3) is 0.263. The van der Waals surface area contributed by atoms with Crippen LogP contribution in [0.2, 0.25) is 0 Å². The lowest BCUT2D eigenvalue weighted by atomic mass is 10.1. The Morgan fingerprint density at radius 3 is 2.36 bits per heavy atom. The maximum Gasteiger partial charge on any atom is 0.251 e. The third-order valence-electron chi connectivity index (χ3n) is 3.64. The van der Waals surface area contributed by atoms with Crippen molar-refractivity contribution in [3.05, 3.63) is 59.7 Å². The van der Waals surface area contributed by atoms with E-state index in [1.54, 1.807) is 24.3 Å². The van der Waals surface area contributed by atoms with Crippen LogP contribution in [-0.4, -0.2) is 18.4 Å². The molecule has 0 aromatic heterocycles. The molecule has 25 heavy (non-hydrogen) atoms. The molecule has 2 amide bonds. The molecule has 0 bridgehead atoms. The van der Waals surface area contributed by atoms with Crippen molar-refractivity contribution in [2.75, 3.05) is 17.6 Å². The van der Waals surface area contributed by atoms with Gasteiger partial charge in [-0.1, -0.05) is 25.1 Å². The molecule has 2 rings (SSSR count). The minimum Gasteiger partial charge on any atom is -0.399 e. The van der Waals surface area contributed by atoms with Gasteiger partial charge >= 0.3 is 0 Å². The maximum absolute atomic E-state index is 12.0. The second kappa shape index (κ2) is 10.4. The predicted molar refractivity (Wildman–Crippen MR) is 104 cm³/mol. The number of aryl methyl sites for hydroxylation is 1. The SMILES string of the molecule is CCCNC(=O)c1ccc(NC(=O)CCc2ccccc2N)cc1.Cl. The Hall–Kier alpha value is -2.53. The van der Waals surface area contributed by atoms with Crippen LogP contribution < -0.4 is 16.4 Å². The molecule has 4 N–H and O–H groups in total. The average molecular weight is 362 g/mol. The summed E-state index contributed by atoms with van der Waals surface area (Å²) in [5.41, 5.74) is 8.80. The first-order valence-electron chi connectivity index (χ1n) is 8.11. The summed E-state index contributed by atoms with van der Waals surface area (Å²) in [6, 6.07) is 14.4. The number of hydrogen-bond acceptors (Lipinski definition) is 3. The van der Waals surface area contributed by atoms with Crippen molar-refractivity contribution in [1.29, 1.82) is 0 Å². The summed E-state index contributed by atoms with van der Waals surface area (Å²) in [5, 5.41) is 5.64. The minimum absolute atomic E-state index is 0. The summed E-state index contributed by atoms with van der Waals surface area (Å²) < 4.78 is 0. The lowest BCUT2D eigenvalue weighted by molar-refractivity contribution is -0.116. The summed E-state index contributed by atoms with van der Waals surface area (Å²) >= 11 is 0. The molecule has 0 spiro atoms. The summed E-state index contributed by atoms with van der Waals surface area (Å²) in [5.74, 6) is -0.185. The van der Waals surface area contributed by atoms with E-state index < -0.39 is 0 Å². The van der Waals surface area contributed by atoms with E-state index in [9.17, 15) is 9.59 Å². The van der Waals surface area contributed by atoms with E-state index in [-0.39, 0.29) is 24.2 Å². The van der Waals surface area contributed by atoms with Gasteiger partial charge < -0.3 is 16.4 Å². The molecule has 0 aliphatic carbocycles. The summed E-state index contributed by atoms with van der Waals surface area (Å²) in [4.78, 5) is 23.8. The number of anilines is 2. The number of nitrogen functional groups attached to an aromatic ring is 1. The number of nitrogens with one attached hydrogen (secondary N) is 2. The molecule has 0 fully saturated rings. The van der Waals surface area contributed by atoms with E-state index in [0.29, 0.717) is 36.3 Å². The molecular weight excluding hydrogens is 338 g/mol. The maximum atomic E-state index is 12.0. The van der Waals surface area contributed by atoms with Crippen molar-refractivity contribution in [2.45, 2.75) is 26.2 Å². The Morgan fingerprint density at radius 1 is 1.04 bits per heavy atom. The van der Waals surface area contributed by atoms with Crippen molar-refractivity contribution in [3.8, 4) is 0 Å². The van der Waals surface area contributed by atoms with Crippen LogP contribution in [0.15, 0.2) is 48.5 Å². The van der Waals surface area contributed by atoms with Crippen molar-refractivity contribution in [2.24, 2.45) is 0 Å². The monoisotopic (exact) mass is 361 g/mol. The molecule has 0 atom stereocenters. The van der Waals surface area contributed by atoms with Gasteiger partial charge in [-0.3, -0.25) is 9.59 Å². The zero-order chi connectivity index (χ0) is 17.4. The second-order valence-electron chi connectivity index (χ2n) is 5.58. The number of para-hydroxylation sites is 1. The Bertz CT molecular complexity index is 702. The molecule has 0 unspecified atom stereocenters. The Kier molecular flexibility index (Phi) is 8.50. The standard InChI is InChI=1S/C19H23N3O2.ClH/c1-2-13-21-19(24)15-7-10-16(11-8-15)22-18(23)12-9-14-5-3-4-6-17(14)20;/h3-8,10-11H,2,9,12-13,20H2,1H3,(H,21,24)(H,22,23);1H. The molecule has 2 aromatic rings. The zero-order valence-electron chi connectivity index (χ0n) is 14.2. The van der Waals surface area contributed by atoms with Gasteiger partial charge in [0, 0.05) is 29.9 Å². The summed E-state index contributed by atoms with van der Waals surface area (Å²) in [7, 11) is 0. The Balaban J connectivity index is 0.00000312. The molecule has 0 heterocycles. The lowest BCUT2D eigenvalue weighted by Gasteiger charge is -2.08. The third-order valence-corrected chi connectivity index (χ3v) is 3.64. The number of nitrogens with two attached hydrogens (primary N) is 1. The van der Waals surface area contributed by atoms with Crippen LogP contribution in [0.4, 0.5) is 11.4 Å². The van der Waals surface area contributed by atoms with E-state index in [4.69, 9.17) is 5.73 Å². The Labute approximate surface area is 154 Å². The highest BCUT2D eigenvalue weighted by Crippen LogP contribution is 2.14. The van der Waals surface area contributed by atoms with Gasteiger partial charge in [0.2, 0.25) is 5.91 Å². The van der Waals surface area contributed by atoms with Gasteiger partial charge in [0.1, 0.15) is 0 Å². The molecule has 0 saturated heterocycles. The van der Waals surface area contributed by atoms with E-state index in [1.807, 2.05) is 31.2 Å². The molecular formula is C19H24ClN3O2. The first-order valence-corrected chi connectivity index (χ1v) is 8.11. The van der Waals surface area contributed by atoms with Gasteiger partial charge in [-0.15, -0.1) is 12.4 Å². The molecule has 0 aliphatic rings. The van der Waals surface area contributed by atoms with Gasteiger partial charge in [0.05, 0.1) is 0 Å². The van der Waals surface area contributed by atoms with Gasteiger partial charge in [-0.05, 0) is 48.7 Å². The molecule has 0 radical (unpaired) electrons. The highest BCUT2D eigenvalue weighted by molar-refractivity contribution is 5.95. The fourth-order valence-electron chi connectivity index (χ4n) is 2.28. The van der Waals surface area contributed by atoms with Gasteiger partial charge in [0.25, 0.3) is 5.91 Å². The minimum atomic E-state index is -0.103. The number of carbonyl (C=O) groups excluding carboxylic acids is 2. The highest BCUT2D eigenvalue weighted by atomic mass is 35.5. The van der Waals surface area contributed by atoms with Gasteiger partial charge in [-0.25, -0.2) is 0 Å². The quantitative estimate of drug-likeness (QED) is 0.661. The van der Waals surface area contributed by atoms with Crippen LogP contribution >= 0.6 is 12.4 Å². The van der Waals surface area contributed by atoms with Crippen molar-refractivity contribution < 1.29 is 9.59 Å². The molecule has 2 aromatic carbocycles. The molecule has 0 aliphatic heterocycles. The summed E-state index contributed by atoms with van der Waals surface area (Å²) in [6.07, 6.45) is 1.84. The van der Waals surface area contributed by atoms with Gasteiger partial charge in [-0.2, -0.15) is 0 Å². The van der Waals surface area contributed by atoms with Crippen LogP contribution in [0.1, 0.15) is 35.7 Å². The lowest BCUT2D eigenvalue weighted by Crippen LogP contribution is -2.23. The Morgan fingerprint density at radius 2 is 1.72 bits per heavy atom. The van der Waals surface area contributed by atoms with Crippen molar-refractivity contribution in [3.63, 3.8) is 0 Å². The van der Waals surface area contributed by atoms with Crippen LogP contribution in [0.3, 0.4) is 0 Å². The number of amides is 2. The average Bonchev–Trinajstić information content (AvgIpc) is 2.59. The van der Waals surface area contributed by atoms with Crippen LogP contribution in [0.5, 0.6) is 0 Å². The summed E-state index contributed by atoms with van der Waals surface area (Å²) in [6.45, 7) is 2.65. The largest absolute Gasteiger partial charge is 0.399 e. The first kappa shape index (κ1) is 20.5. The molecule has 5 nitrogen and oxygen atoms in total.